The normalized spacial score (nSPS) is 11.9. The molecule has 0 aliphatic heterocycles. The van der Waals surface area contributed by atoms with Crippen molar-refractivity contribution in [2.75, 3.05) is 0 Å². The molecule has 0 fully saturated rings. The minimum atomic E-state index is -0.929. The van der Waals surface area contributed by atoms with Gasteiger partial charge in [-0.15, -0.1) is 0 Å². The Morgan fingerprint density at radius 3 is 2.83 bits per heavy atom. The van der Waals surface area contributed by atoms with E-state index in [2.05, 4.69) is 10.3 Å². The first-order valence-electron chi connectivity index (χ1n) is 5.67. The molecule has 1 atom stereocenters. The number of pyridine rings is 1. The van der Waals surface area contributed by atoms with Crippen LogP contribution in [-0.4, -0.2) is 28.0 Å². The van der Waals surface area contributed by atoms with Gasteiger partial charge in [-0.1, -0.05) is 24.9 Å². The van der Waals surface area contributed by atoms with Crippen LogP contribution in [0.15, 0.2) is 18.3 Å². The van der Waals surface area contributed by atoms with Gasteiger partial charge in [-0.25, -0.2) is 4.98 Å². The molecule has 6 heteroatoms. The van der Waals surface area contributed by atoms with Gasteiger partial charge in [0.2, 0.25) is 0 Å². The molecule has 1 rings (SSSR count). The lowest BCUT2D eigenvalue weighted by Gasteiger charge is -2.16. The Kier molecular flexibility index (Phi) is 5.58. The number of nitrogens with zero attached hydrogens (tertiary/aromatic N) is 1. The summed E-state index contributed by atoms with van der Waals surface area (Å²) in [6.45, 7) is 1.93. The van der Waals surface area contributed by atoms with Crippen molar-refractivity contribution < 1.29 is 14.7 Å². The Morgan fingerprint density at radius 2 is 2.28 bits per heavy atom. The van der Waals surface area contributed by atoms with Crippen LogP contribution in [0.5, 0.6) is 0 Å². The zero-order valence-corrected chi connectivity index (χ0v) is 10.8. The zero-order chi connectivity index (χ0) is 13.5. The third-order valence-electron chi connectivity index (χ3n) is 2.38. The minimum absolute atomic E-state index is 0.0849. The molecule has 0 bridgehead atoms. The molecule has 98 valence electrons. The number of aliphatic carboxylic acids is 1. The molecule has 0 aliphatic rings. The zero-order valence-electron chi connectivity index (χ0n) is 10.0. The van der Waals surface area contributed by atoms with Crippen LogP contribution in [0.25, 0.3) is 0 Å². The topological polar surface area (TPSA) is 79.3 Å². The number of nitrogens with one attached hydrogen (secondary N) is 1. The van der Waals surface area contributed by atoms with Crippen molar-refractivity contribution in [2.24, 2.45) is 0 Å². The Hall–Kier alpha value is -1.62. The summed E-state index contributed by atoms with van der Waals surface area (Å²) >= 11 is 5.69. The fourth-order valence-electron chi connectivity index (χ4n) is 1.60. The highest BCUT2D eigenvalue weighted by Crippen LogP contribution is 2.09. The number of hydrogen-bond donors (Lipinski definition) is 2. The predicted octanol–water partition coefficient (Wildman–Crippen LogP) is 2.11. The highest BCUT2D eigenvalue weighted by Gasteiger charge is 2.16. The number of carbonyl (C=O) groups excluding carboxylic acids is 1. The number of aromatic nitrogens is 1. The molecule has 0 radical (unpaired) electrons. The number of carbonyl (C=O) groups is 2. The van der Waals surface area contributed by atoms with E-state index in [0.717, 1.165) is 6.42 Å². The van der Waals surface area contributed by atoms with E-state index < -0.39 is 5.97 Å². The largest absolute Gasteiger partial charge is 0.481 e. The van der Waals surface area contributed by atoms with Crippen LogP contribution < -0.4 is 5.32 Å². The van der Waals surface area contributed by atoms with Gasteiger partial charge in [-0.2, -0.15) is 0 Å². The molecule has 2 N–H and O–H groups in total. The van der Waals surface area contributed by atoms with Gasteiger partial charge in [0, 0.05) is 17.8 Å². The first-order chi connectivity index (χ1) is 8.52. The quantitative estimate of drug-likeness (QED) is 0.776. The highest BCUT2D eigenvalue weighted by molar-refractivity contribution is 6.29. The monoisotopic (exact) mass is 270 g/mol. The van der Waals surface area contributed by atoms with Crippen molar-refractivity contribution >= 4 is 23.5 Å². The summed E-state index contributed by atoms with van der Waals surface area (Å²) in [5.41, 5.74) is 0.376. The molecule has 0 spiro atoms. The van der Waals surface area contributed by atoms with E-state index in [1.807, 2.05) is 6.92 Å². The lowest BCUT2D eigenvalue weighted by atomic mass is 10.1. The Bertz CT molecular complexity index is 437. The van der Waals surface area contributed by atoms with Gasteiger partial charge in [0.25, 0.3) is 5.91 Å². The van der Waals surface area contributed by atoms with Crippen LogP contribution in [0.1, 0.15) is 36.5 Å². The summed E-state index contributed by atoms with van der Waals surface area (Å²) in [4.78, 5) is 26.3. The fourth-order valence-corrected chi connectivity index (χ4v) is 1.77. The first kappa shape index (κ1) is 14.4. The van der Waals surface area contributed by atoms with E-state index >= 15 is 0 Å². The smallest absolute Gasteiger partial charge is 0.305 e. The molecule has 5 nitrogen and oxygen atoms in total. The first-order valence-corrected chi connectivity index (χ1v) is 6.05. The van der Waals surface area contributed by atoms with Crippen molar-refractivity contribution in [1.29, 1.82) is 0 Å². The van der Waals surface area contributed by atoms with Crippen LogP contribution in [0.2, 0.25) is 5.15 Å². The second-order valence-electron chi connectivity index (χ2n) is 3.92. The molecule has 0 aromatic carbocycles. The average molecular weight is 271 g/mol. The predicted molar refractivity (Wildman–Crippen MR) is 67.7 cm³/mol. The van der Waals surface area contributed by atoms with Gasteiger partial charge in [-0.05, 0) is 18.6 Å². The number of halogens is 1. The third kappa shape index (κ3) is 4.71. The van der Waals surface area contributed by atoms with Crippen molar-refractivity contribution in [3.8, 4) is 0 Å². The number of carboxylic acids is 1. The number of hydrogen-bond acceptors (Lipinski definition) is 3. The number of rotatable bonds is 6. The van der Waals surface area contributed by atoms with Gasteiger partial charge in [0.05, 0.1) is 6.42 Å². The molecular formula is C12H15ClN2O3. The molecule has 1 unspecified atom stereocenters. The van der Waals surface area contributed by atoms with Gasteiger partial charge in [0.15, 0.2) is 0 Å². The van der Waals surface area contributed by atoms with Crippen molar-refractivity contribution in [3.05, 3.63) is 29.0 Å². The lowest BCUT2D eigenvalue weighted by molar-refractivity contribution is -0.137. The lowest BCUT2D eigenvalue weighted by Crippen LogP contribution is -2.36. The molecule has 0 saturated heterocycles. The maximum absolute atomic E-state index is 11.9. The summed E-state index contributed by atoms with van der Waals surface area (Å²) in [5.74, 6) is -1.26. The van der Waals surface area contributed by atoms with E-state index in [9.17, 15) is 9.59 Å². The number of amides is 1. The summed E-state index contributed by atoms with van der Waals surface area (Å²) in [6, 6.07) is 2.61. The summed E-state index contributed by atoms with van der Waals surface area (Å²) < 4.78 is 0. The van der Waals surface area contributed by atoms with E-state index in [-0.39, 0.29) is 23.5 Å². The van der Waals surface area contributed by atoms with E-state index in [0.29, 0.717) is 12.0 Å². The van der Waals surface area contributed by atoms with Crippen LogP contribution in [-0.2, 0) is 4.79 Å². The molecule has 0 saturated carbocycles. The van der Waals surface area contributed by atoms with Crippen molar-refractivity contribution in [3.63, 3.8) is 0 Å². The molecule has 0 aliphatic carbocycles. The highest BCUT2D eigenvalue weighted by atomic mass is 35.5. The maximum Gasteiger partial charge on any atom is 0.305 e. The SMILES string of the molecule is CCCC(CC(=O)O)NC(=O)c1ccnc(Cl)c1. The van der Waals surface area contributed by atoms with E-state index in [1.54, 1.807) is 0 Å². The summed E-state index contributed by atoms with van der Waals surface area (Å²) in [7, 11) is 0. The van der Waals surface area contributed by atoms with Gasteiger partial charge in [-0.3, -0.25) is 9.59 Å². The van der Waals surface area contributed by atoms with Crippen molar-refractivity contribution in [1.82, 2.24) is 10.3 Å². The Morgan fingerprint density at radius 1 is 1.56 bits per heavy atom. The van der Waals surface area contributed by atoms with Crippen LogP contribution in [0.3, 0.4) is 0 Å². The third-order valence-corrected chi connectivity index (χ3v) is 2.59. The fraction of sp³-hybridized carbons (Fsp3) is 0.417. The second-order valence-corrected chi connectivity index (χ2v) is 4.31. The van der Waals surface area contributed by atoms with Crippen LogP contribution in [0, 0.1) is 0 Å². The summed E-state index contributed by atoms with van der Waals surface area (Å²) in [6.07, 6.45) is 2.77. The van der Waals surface area contributed by atoms with Gasteiger partial charge in [0.1, 0.15) is 5.15 Å². The molecule has 1 amide bonds. The van der Waals surface area contributed by atoms with Crippen LogP contribution >= 0.6 is 11.6 Å². The van der Waals surface area contributed by atoms with Gasteiger partial charge < -0.3 is 10.4 Å². The Labute approximate surface area is 110 Å². The molecular weight excluding hydrogens is 256 g/mol. The summed E-state index contributed by atoms with van der Waals surface area (Å²) in [5, 5.41) is 11.7. The Balaban J connectivity index is 2.68. The van der Waals surface area contributed by atoms with Crippen LogP contribution in [0.4, 0.5) is 0 Å². The molecule has 18 heavy (non-hydrogen) atoms. The van der Waals surface area contributed by atoms with Crippen molar-refractivity contribution in [2.45, 2.75) is 32.2 Å². The maximum atomic E-state index is 11.9. The molecule has 1 aromatic heterocycles. The second kappa shape index (κ2) is 6.96. The number of carboxylic acid groups (broad SMARTS) is 1. The van der Waals surface area contributed by atoms with Gasteiger partial charge >= 0.3 is 5.97 Å². The average Bonchev–Trinajstić information content (AvgIpc) is 2.28. The molecule has 1 heterocycles. The minimum Gasteiger partial charge on any atom is -0.481 e. The molecule has 1 aromatic rings. The van der Waals surface area contributed by atoms with E-state index in [1.165, 1.54) is 18.3 Å². The van der Waals surface area contributed by atoms with E-state index in [4.69, 9.17) is 16.7 Å². The standard InChI is InChI=1S/C12H15ClN2O3/c1-2-3-9(7-11(16)17)15-12(18)8-4-5-14-10(13)6-8/h4-6,9H,2-3,7H2,1H3,(H,15,18)(H,16,17).